The molecule has 0 spiro atoms. The van der Waals surface area contributed by atoms with Crippen molar-refractivity contribution in [2.75, 3.05) is 0 Å². The molecule has 1 saturated carbocycles. The first-order valence-electron chi connectivity index (χ1n) is 7.20. The number of carboxylic acid groups (broad SMARTS) is 1. The van der Waals surface area contributed by atoms with Gasteiger partial charge in [-0.1, -0.05) is 30.3 Å². The number of benzene rings is 1. The summed E-state index contributed by atoms with van der Waals surface area (Å²) in [6, 6.07) is 9.49. The molecule has 0 bridgehead atoms. The molecule has 0 aromatic heterocycles. The zero-order valence-electron chi connectivity index (χ0n) is 12.2. The maximum Gasteiger partial charge on any atom is 0.407 e. The van der Waals surface area contributed by atoms with Gasteiger partial charge in [-0.3, -0.25) is 4.79 Å². The lowest BCUT2D eigenvalue weighted by Crippen LogP contribution is -2.49. The Balaban J connectivity index is 1.78. The van der Waals surface area contributed by atoms with Crippen LogP contribution in [-0.4, -0.2) is 22.7 Å². The second-order valence-electron chi connectivity index (χ2n) is 5.86. The summed E-state index contributed by atoms with van der Waals surface area (Å²) in [5, 5.41) is 11.9. The standard InChI is InChI=1S/C16H21NO4/c1-16(9-7-13(8-10-16)14(18)19)17-15(20)21-11-12-5-3-2-4-6-12/h2-6,13H,7-11H2,1H3,(H,17,20)(H,18,19). The molecule has 0 saturated heterocycles. The normalized spacial score (nSPS) is 25.1. The van der Waals surface area contributed by atoms with Crippen LogP contribution >= 0.6 is 0 Å². The third kappa shape index (κ3) is 4.48. The minimum absolute atomic E-state index is 0.237. The summed E-state index contributed by atoms with van der Waals surface area (Å²) in [5.41, 5.74) is 0.562. The summed E-state index contributed by atoms with van der Waals surface area (Å²) in [5.74, 6) is -1.04. The van der Waals surface area contributed by atoms with E-state index in [0.717, 1.165) is 5.56 Å². The van der Waals surface area contributed by atoms with Crippen molar-refractivity contribution in [2.45, 2.75) is 44.8 Å². The van der Waals surface area contributed by atoms with E-state index in [1.807, 2.05) is 37.3 Å². The van der Waals surface area contributed by atoms with E-state index in [1.165, 1.54) is 0 Å². The van der Waals surface area contributed by atoms with Crippen LogP contribution in [0.15, 0.2) is 30.3 Å². The van der Waals surface area contributed by atoms with Crippen molar-refractivity contribution in [2.24, 2.45) is 5.92 Å². The fraction of sp³-hybridized carbons (Fsp3) is 0.500. The molecule has 114 valence electrons. The zero-order valence-corrected chi connectivity index (χ0v) is 12.2. The van der Waals surface area contributed by atoms with Gasteiger partial charge in [0.15, 0.2) is 0 Å². The Morgan fingerprint density at radius 3 is 2.48 bits per heavy atom. The predicted octanol–water partition coefficient (Wildman–Crippen LogP) is 2.95. The minimum Gasteiger partial charge on any atom is -0.481 e. The lowest BCUT2D eigenvalue weighted by Gasteiger charge is -2.36. The van der Waals surface area contributed by atoms with Crippen molar-refractivity contribution in [3.63, 3.8) is 0 Å². The van der Waals surface area contributed by atoms with Crippen LogP contribution in [0.3, 0.4) is 0 Å². The molecule has 2 rings (SSSR count). The predicted molar refractivity (Wildman–Crippen MR) is 77.8 cm³/mol. The largest absolute Gasteiger partial charge is 0.481 e. The van der Waals surface area contributed by atoms with E-state index in [1.54, 1.807) is 0 Å². The number of ether oxygens (including phenoxy) is 1. The number of carboxylic acids is 1. The van der Waals surface area contributed by atoms with Crippen LogP contribution in [0.25, 0.3) is 0 Å². The Kier molecular flexibility index (Phi) is 4.83. The minimum atomic E-state index is -0.747. The fourth-order valence-electron chi connectivity index (χ4n) is 2.63. The summed E-state index contributed by atoms with van der Waals surface area (Å²) in [4.78, 5) is 22.8. The fourth-order valence-corrected chi connectivity index (χ4v) is 2.63. The monoisotopic (exact) mass is 291 g/mol. The third-order valence-electron chi connectivity index (χ3n) is 4.05. The number of alkyl carbamates (subject to hydrolysis) is 1. The molecule has 0 radical (unpaired) electrons. The van der Waals surface area contributed by atoms with Crippen LogP contribution in [0.5, 0.6) is 0 Å². The number of carbonyl (C=O) groups is 2. The van der Waals surface area contributed by atoms with Crippen LogP contribution in [-0.2, 0) is 16.1 Å². The molecule has 0 aliphatic heterocycles. The van der Waals surface area contributed by atoms with Crippen LogP contribution in [0.4, 0.5) is 4.79 Å². The van der Waals surface area contributed by atoms with E-state index < -0.39 is 12.1 Å². The van der Waals surface area contributed by atoms with Gasteiger partial charge in [0.1, 0.15) is 6.61 Å². The van der Waals surface area contributed by atoms with E-state index in [0.29, 0.717) is 25.7 Å². The van der Waals surface area contributed by atoms with Crippen molar-refractivity contribution in [1.82, 2.24) is 5.32 Å². The molecule has 1 aliphatic rings. The number of amides is 1. The van der Waals surface area contributed by atoms with E-state index >= 15 is 0 Å². The second kappa shape index (κ2) is 6.61. The van der Waals surface area contributed by atoms with Gasteiger partial charge in [-0.15, -0.1) is 0 Å². The highest BCUT2D eigenvalue weighted by Gasteiger charge is 2.35. The van der Waals surface area contributed by atoms with Gasteiger partial charge in [-0.25, -0.2) is 4.79 Å². The lowest BCUT2D eigenvalue weighted by molar-refractivity contribution is -0.143. The highest BCUT2D eigenvalue weighted by atomic mass is 16.5. The quantitative estimate of drug-likeness (QED) is 0.894. The number of rotatable bonds is 4. The molecule has 0 atom stereocenters. The summed E-state index contributed by atoms with van der Waals surface area (Å²) < 4.78 is 5.20. The SMILES string of the molecule is CC1(NC(=O)OCc2ccccc2)CCC(C(=O)O)CC1. The van der Waals surface area contributed by atoms with Gasteiger partial charge in [0.2, 0.25) is 0 Å². The molecule has 21 heavy (non-hydrogen) atoms. The van der Waals surface area contributed by atoms with Gasteiger partial charge in [0.05, 0.1) is 5.92 Å². The number of aliphatic carboxylic acids is 1. The summed E-state index contributed by atoms with van der Waals surface area (Å²) >= 11 is 0. The van der Waals surface area contributed by atoms with Gasteiger partial charge < -0.3 is 15.2 Å². The van der Waals surface area contributed by atoms with Crippen molar-refractivity contribution in [1.29, 1.82) is 0 Å². The average Bonchev–Trinajstić information content (AvgIpc) is 2.46. The maximum absolute atomic E-state index is 11.9. The van der Waals surface area contributed by atoms with Crippen molar-refractivity contribution in [3.05, 3.63) is 35.9 Å². The Morgan fingerprint density at radius 2 is 1.90 bits per heavy atom. The van der Waals surface area contributed by atoms with E-state index in [-0.39, 0.29) is 18.1 Å². The molecule has 0 unspecified atom stereocenters. The van der Waals surface area contributed by atoms with Gasteiger partial charge in [0, 0.05) is 5.54 Å². The molecule has 1 amide bonds. The van der Waals surface area contributed by atoms with Crippen molar-refractivity contribution in [3.8, 4) is 0 Å². The number of hydrogen-bond acceptors (Lipinski definition) is 3. The average molecular weight is 291 g/mol. The lowest BCUT2D eigenvalue weighted by atomic mass is 9.78. The molecule has 5 heteroatoms. The van der Waals surface area contributed by atoms with E-state index in [9.17, 15) is 9.59 Å². The topological polar surface area (TPSA) is 75.6 Å². The first-order valence-corrected chi connectivity index (χ1v) is 7.20. The summed E-state index contributed by atoms with van der Waals surface area (Å²) in [6.07, 6.45) is 2.04. The number of hydrogen-bond donors (Lipinski definition) is 2. The molecular formula is C16H21NO4. The van der Waals surface area contributed by atoms with Crippen LogP contribution < -0.4 is 5.32 Å². The van der Waals surface area contributed by atoms with Crippen molar-refractivity contribution < 1.29 is 19.4 Å². The first kappa shape index (κ1) is 15.4. The number of carbonyl (C=O) groups excluding carboxylic acids is 1. The van der Waals surface area contributed by atoms with Gasteiger partial charge in [0.25, 0.3) is 0 Å². The van der Waals surface area contributed by atoms with Crippen LogP contribution in [0.1, 0.15) is 38.2 Å². The third-order valence-corrected chi connectivity index (χ3v) is 4.05. The highest BCUT2D eigenvalue weighted by Crippen LogP contribution is 2.32. The Morgan fingerprint density at radius 1 is 1.29 bits per heavy atom. The molecule has 0 heterocycles. The molecular weight excluding hydrogens is 270 g/mol. The molecule has 1 aromatic rings. The summed E-state index contributed by atoms with van der Waals surface area (Å²) in [6.45, 7) is 2.18. The van der Waals surface area contributed by atoms with E-state index in [2.05, 4.69) is 5.32 Å². The molecule has 2 N–H and O–H groups in total. The maximum atomic E-state index is 11.9. The summed E-state index contributed by atoms with van der Waals surface area (Å²) in [7, 11) is 0. The molecule has 5 nitrogen and oxygen atoms in total. The highest BCUT2D eigenvalue weighted by molar-refractivity contribution is 5.70. The van der Waals surface area contributed by atoms with Gasteiger partial charge in [-0.05, 0) is 38.2 Å². The van der Waals surface area contributed by atoms with E-state index in [4.69, 9.17) is 9.84 Å². The van der Waals surface area contributed by atoms with Crippen molar-refractivity contribution >= 4 is 12.1 Å². The molecule has 1 aliphatic carbocycles. The second-order valence-corrected chi connectivity index (χ2v) is 5.86. The molecule has 1 fully saturated rings. The van der Waals surface area contributed by atoms with Crippen LogP contribution in [0, 0.1) is 5.92 Å². The zero-order chi connectivity index (χ0) is 15.3. The Hall–Kier alpha value is -2.04. The Bertz CT molecular complexity index is 492. The van der Waals surface area contributed by atoms with Crippen LogP contribution in [0.2, 0.25) is 0 Å². The number of nitrogens with one attached hydrogen (secondary N) is 1. The first-order chi connectivity index (χ1) is 9.98. The Labute approximate surface area is 124 Å². The smallest absolute Gasteiger partial charge is 0.407 e. The van der Waals surface area contributed by atoms with Gasteiger partial charge >= 0.3 is 12.1 Å². The van der Waals surface area contributed by atoms with Gasteiger partial charge in [-0.2, -0.15) is 0 Å². The molecule has 1 aromatic carbocycles.